The quantitative estimate of drug-likeness (QED) is 0.775. The Morgan fingerprint density at radius 2 is 2.27 bits per heavy atom. The molecule has 0 bridgehead atoms. The van der Waals surface area contributed by atoms with Crippen LogP contribution in [-0.2, 0) is 13.1 Å². The van der Waals surface area contributed by atoms with Crippen LogP contribution in [0.2, 0.25) is 0 Å². The fourth-order valence-corrected chi connectivity index (χ4v) is 1.21. The number of rotatable bonds is 4. The number of aromatic nitrogens is 2. The highest BCUT2D eigenvalue weighted by Gasteiger charge is 1.98. The summed E-state index contributed by atoms with van der Waals surface area (Å²) in [5.41, 5.74) is 5.53. The van der Waals surface area contributed by atoms with Gasteiger partial charge in [-0.25, -0.2) is 9.97 Å². The Hall–Kier alpha value is -1.88. The number of hydrogen-bond donors (Lipinski definition) is 2. The monoisotopic (exact) mass is 204 g/mol. The molecule has 15 heavy (non-hydrogen) atoms. The van der Waals surface area contributed by atoms with E-state index in [1.807, 2.05) is 12.1 Å². The van der Waals surface area contributed by atoms with Crippen LogP contribution in [0.1, 0.15) is 11.6 Å². The Balaban J connectivity index is 1.83. The second-order valence-electron chi connectivity index (χ2n) is 3.08. The third-order valence-electron chi connectivity index (χ3n) is 1.89. The van der Waals surface area contributed by atoms with Crippen molar-refractivity contribution in [3.8, 4) is 0 Å². The molecule has 5 heteroatoms. The van der Waals surface area contributed by atoms with Gasteiger partial charge in [-0.15, -0.1) is 0 Å². The van der Waals surface area contributed by atoms with Gasteiger partial charge in [0.25, 0.3) is 0 Å². The molecule has 0 radical (unpaired) electrons. The van der Waals surface area contributed by atoms with Gasteiger partial charge in [-0.2, -0.15) is 0 Å². The van der Waals surface area contributed by atoms with Gasteiger partial charge in [0.15, 0.2) is 0 Å². The Morgan fingerprint density at radius 1 is 1.33 bits per heavy atom. The van der Waals surface area contributed by atoms with Crippen molar-refractivity contribution in [2.45, 2.75) is 13.1 Å². The van der Waals surface area contributed by atoms with E-state index in [-0.39, 0.29) is 0 Å². The van der Waals surface area contributed by atoms with Gasteiger partial charge >= 0.3 is 0 Å². The van der Waals surface area contributed by atoms with Crippen molar-refractivity contribution >= 4 is 5.82 Å². The summed E-state index contributed by atoms with van der Waals surface area (Å²) < 4.78 is 5.17. The molecule has 3 N–H and O–H groups in total. The van der Waals surface area contributed by atoms with Crippen LogP contribution in [0, 0.1) is 0 Å². The number of anilines is 1. The third kappa shape index (κ3) is 2.78. The Kier molecular flexibility index (Phi) is 2.94. The molecule has 0 fully saturated rings. The zero-order valence-corrected chi connectivity index (χ0v) is 8.18. The first kappa shape index (κ1) is 9.67. The minimum atomic E-state index is 0.486. The number of nitrogens with one attached hydrogen (secondary N) is 1. The summed E-state index contributed by atoms with van der Waals surface area (Å²) in [6.45, 7) is 1.23. The van der Waals surface area contributed by atoms with Crippen molar-refractivity contribution in [3.05, 3.63) is 42.2 Å². The summed E-state index contributed by atoms with van der Waals surface area (Å²) in [6.07, 6.45) is 3.29. The van der Waals surface area contributed by atoms with E-state index >= 15 is 0 Å². The summed E-state index contributed by atoms with van der Waals surface area (Å²) in [5, 5.41) is 3.16. The average molecular weight is 204 g/mol. The van der Waals surface area contributed by atoms with Crippen molar-refractivity contribution in [2.75, 3.05) is 5.73 Å². The van der Waals surface area contributed by atoms with Crippen molar-refractivity contribution in [1.29, 1.82) is 0 Å². The van der Waals surface area contributed by atoms with E-state index in [4.69, 9.17) is 10.2 Å². The standard InChI is InChI=1S/C10H12N4O/c11-9-3-4-13-10(14-9)7-12-6-8-2-1-5-15-8/h1-5,12H,6-7H2,(H2,11,13,14). The number of furan rings is 1. The van der Waals surface area contributed by atoms with E-state index in [0.29, 0.717) is 24.7 Å². The van der Waals surface area contributed by atoms with E-state index in [2.05, 4.69) is 15.3 Å². The molecule has 2 heterocycles. The lowest BCUT2D eigenvalue weighted by atomic mass is 10.4. The van der Waals surface area contributed by atoms with Crippen molar-refractivity contribution in [2.24, 2.45) is 0 Å². The summed E-state index contributed by atoms with van der Waals surface area (Å²) in [5.74, 6) is 2.06. The van der Waals surface area contributed by atoms with Gasteiger partial charge in [0.05, 0.1) is 19.4 Å². The Morgan fingerprint density at radius 3 is 3.00 bits per heavy atom. The van der Waals surface area contributed by atoms with E-state index in [0.717, 1.165) is 5.76 Å². The van der Waals surface area contributed by atoms with E-state index < -0.39 is 0 Å². The molecule has 0 spiro atoms. The molecule has 0 amide bonds. The molecule has 2 rings (SSSR count). The first-order valence-corrected chi connectivity index (χ1v) is 4.65. The van der Waals surface area contributed by atoms with Crippen molar-refractivity contribution < 1.29 is 4.42 Å². The summed E-state index contributed by atoms with van der Waals surface area (Å²) in [7, 11) is 0. The van der Waals surface area contributed by atoms with Crippen LogP contribution in [0.3, 0.4) is 0 Å². The molecule has 0 aromatic carbocycles. The van der Waals surface area contributed by atoms with Crippen molar-refractivity contribution in [1.82, 2.24) is 15.3 Å². The van der Waals surface area contributed by atoms with Crippen LogP contribution < -0.4 is 11.1 Å². The Bertz CT molecular complexity index is 413. The number of nitrogen functional groups attached to an aromatic ring is 1. The lowest BCUT2D eigenvalue weighted by molar-refractivity contribution is 0.480. The minimum Gasteiger partial charge on any atom is -0.468 e. The van der Waals surface area contributed by atoms with Crippen LogP contribution in [0.5, 0.6) is 0 Å². The van der Waals surface area contributed by atoms with Crippen LogP contribution in [0.15, 0.2) is 35.1 Å². The normalized spacial score (nSPS) is 10.4. The van der Waals surface area contributed by atoms with Gasteiger partial charge in [-0.1, -0.05) is 0 Å². The summed E-state index contributed by atoms with van der Waals surface area (Å²) in [4.78, 5) is 8.14. The second kappa shape index (κ2) is 4.56. The topological polar surface area (TPSA) is 77.0 Å². The smallest absolute Gasteiger partial charge is 0.144 e. The zero-order chi connectivity index (χ0) is 10.5. The van der Waals surface area contributed by atoms with E-state index in [9.17, 15) is 0 Å². The molecular formula is C10H12N4O. The second-order valence-corrected chi connectivity index (χ2v) is 3.08. The van der Waals surface area contributed by atoms with Crippen molar-refractivity contribution in [3.63, 3.8) is 0 Å². The third-order valence-corrected chi connectivity index (χ3v) is 1.89. The molecule has 78 valence electrons. The molecular weight excluding hydrogens is 192 g/mol. The van der Waals surface area contributed by atoms with Crippen LogP contribution in [-0.4, -0.2) is 9.97 Å². The fourth-order valence-electron chi connectivity index (χ4n) is 1.21. The van der Waals surface area contributed by atoms with Crippen LogP contribution in [0.25, 0.3) is 0 Å². The largest absolute Gasteiger partial charge is 0.468 e. The van der Waals surface area contributed by atoms with Crippen LogP contribution in [0.4, 0.5) is 5.82 Å². The first-order chi connectivity index (χ1) is 7.34. The lowest BCUT2D eigenvalue weighted by Crippen LogP contribution is -2.14. The van der Waals surface area contributed by atoms with Crippen LogP contribution >= 0.6 is 0 Å². The summed E-state index contributed by atoms with van der Waals surface area (Å²) >= 11 is 0. The van der Waals surface area contributed by atoms with Gasteiger partial charge in [-0.05, 0) is 18.2 Å². The maximum absolute atomic E-state index is 5.53. The van der Waals surface area contributed by atoms with Gasteiger partial charge in [-0.3, -0.25) is 0 Å². The molecule has 0 aliphatic rings. The predicted molar refractivity (Wildman–Crippen MR) is 55.7 cm³/mol. The zero-order valence-electron chi connectivity index (χ0n) is 8.18. The maximum Gasteiger partial charge on any atom is 0.144 e. The first-order valence-electron chi connectivity index (χ1n) is 4.65. The fraction of sp³-hybridized carbons (Fsp3) is 0.200. The maximum atomic E-state index is 5.53. The number of nitrogens with zero attached hydrogens (tertiary/aromatic N) is 2. The molecule has 5 nitrogen and oxygen atoms in total. The average Bonchev–Trinajstić information content (AvgIpc) is 2.71. The minimum absolute atomic E-state index is 0.486. The highest BCUT2D eigenvalue weighted by Crippen LogP contribution is 2.00. The molecule has 2 aromatic rings. The van der Waals surface area contributed by atoms with E-state index in [1.54, 1.807) is 18.5 Å². The van der Waals surface area contributed by atoms with Gasteiger partial charge in [0.1, 0.15) is 17.4 Å². The van der Waals surface area contributed by atoms with Gasteiger partial charge in [0, 0.05) is 6.20 Å². The molecule has 0 saturated heterocycles. The van der Waals surface area contributed by atoms with Gasteiger partial charge in [0.2, 0.25) is 0 Å². The molecule has 0 aliphatic carbocycles. The van der Waals surface area contributed by atoms with Gasteiger partial charge < -0.3 is 15.5 Å². The molecule has 0 saturated carbocycles. The highest BCUT2D eigenvalue weighted by molar-refractivity contribution is 5.24. The SMILES string of the molecule is Nc1ccnc(CNCc2ccco2)n1. The Labute approximate surface area is 87.3 Å². The molecule has 0 unspecified atom stereocenters. The molecule has 0 aliphatic heterocycles. The van der Waals surface area contributed by atoms with E-state index in [1.165, 1.54) is 0 Å². The molecule has 0 atom stereocenters. The lowest BCUT2D eigenvalue weighted by Gasteiger charge is -2.01. The molecule has 2 aromatic heterocycles. The number of nitrogens with two attached hydrogens (primary N) is 1. The number of hydrogen-bond acceptors (Lipinski definition) is 5. The predicted octanol–water partition coefficient (Wildman–Crippen LogP) is 0.942. The summed E-state index contributed by atoms with van der Waals surface area (Å²) in [6, 6.07) is 5.43. The highest BCUT2D eigenvalue weighted by atomic mass is 16.3.